The zero-order chi connectivity index (χ0) is 36.5. The molecule has 268 valence electrons. The normalized spacial score (nSPS) is 18.2. The number of piperidine rings is 1. The minimum absolute atomic E-state index is 0.00123. The highest BCUT2D eigenvalue weighted by molar-refractivity contribution is 6.34. The molecule has 2 saturated heterocycles. The predicted molar refractivity (Wildman–Crippen MR) is 179 cm³/mol. The molecule has 5 rings (SSSR count). The van der Waals surface area contributed by atoms with Gasteiger partial charge < -0.3 is 34.7 Å². The molecule has 2 fully saturated rings. The molecule has 0 unspecified atom stereocenters. The summed E-state index contributed by atoms with van der Waals surface area (Å²) in [7, 11) is 2.71. The number of ether oxygens (including phenoxy) is 2. The number of carbonyl (C=O) groups excluding carboxylic acids is 4. The summed E-state index contributed by atoms with van der Waals surface area (Å²) in [6.07, 6.45) is 0.772. The highest BCUT2D eigenvalue weighted by Gasteiger charge is 2.41. The van der Waals surface area contributed by atoms with E-state index in [1.54, 1.807) is 25.7 Å². The van der Waals surface area contributed by atoms with Crippen LogP contribution in [0.5, 0.6) is 5.75 Å². The Hall–Kier alpha value is -4.76. The van der Waals surface area contributed by atoms with Crippen LogP contribution < -0.4 is 15.4 Å². The van der Waals surface area contributed by atoms with Crippen LogP contribution in [0.3, 0.4) is 0 Å². The van der Waals surface area contributed by atoms with Gasteiger partial charge in [0.2, 0.25) is 11.7 Å². The number of carbonyl (C=O) groups is 4. The molecule has 3 aromatic rings. The molecule has 13 nitrogen and oxygen atoms in total. The fourth-order valence-corrected chi connectivity index (χ4v) is 6.25. The number of nitrogens with one attached hydrogen (secondary N) is 2. The lowest BCUT2D eigenvalue weighted by Crippen LogP contribution is -2.52. The first kappa shape index (κ1) is 36.5. The number of hydrogen-bond acceptors (Lipinski definition) is 8. The van der Waals surface area contributed by atoms with Crippen LogP contribution in [-0.2, 0) is 16.6 Å². The van der Waals surface area contributed by atoms with E-state index in [0.717, 1.165) is 0 Å². The molecule has 4 amide bonds. The molecule has 0 saturated carbocycles. The van der Waals surface area contributed by atoms with E-state index in [-0.39, 0.29) is 69.9 Å². The second kappa shape index (κ2) is 14.6. The Kier molecular flexibility index (Phi) is 10.7. The lowest BCUT2D eigenvalue weighted by atomic mass is 10.0. The number of rotatable bonds is 7. The Labute approximate surface area is 292 Å². The van der Waals surface area contributed by atoms with Gasteiger partial charge in [0.05, 0.1) is 42.2 Å². The van der Waals surface area contributed by atoms with Crippen LogP contribution in [0.15, 0.2) is 36.5 Å². The second-order valence-corrected chi connectivity index (χ2v) is 13.6. The van der Waals surface area contributed by atoms with Crippen molar-refractivity contribution in [3.63, 3.8) is 0 Å². The number of amides is 4. The summed E-state index contributed by atoms with van der Waals surface area (Å²) in [5.74, 6) is -3.99. The van der Waals surface area contributed by atoms with Crippen LogP contribution in [-0.4, -0.2) is 98.8 Å². The molecule has 2 atom stereocenters. The molecule has 3 heterocycles. The molecule has 0 spiro atoms. The predicted octanol–water partition coefficient (Wildman–Crippen LogP) is 4.37. The lowest BCUT2D eigenvalue weighted by molar-refractivity contribution is -0.126. The standard InChI is InChI=1S/C34H39ClF2N6O7/c1-34(2,3)50-33(48)43-17-20(44)15-24(43)30(45)39-18-10-12-42(13-11-18)32(47)21-7-6-19(14-23(21)35)40-31(46)29-38-16-25(41(29)4)22-8-9-26(49-5)28(37)27(22)36/h6-9,14,16,18,20,24,44H,10-13,15,17H2,1-5H3,(H,39,45)(H,40,46)/t20-,24+/m1/s1. The molecule has 2 aliphatic heterocycles. The number of aliphatic hydroxyl groups is 1. The summed E-state index contributed by atoms with van der Waals surface area (Å²) in [5, 5.41) is 15.9. The van der Waals surface area contributed by atoms with E-state index >= 15 is 0 Å². The summed E-state index contributed by atoms with van der Waals surface area (Å²) >= 11 is 6.48. The number of likely N-dealkylation sites (tertiary alicyclic amines) is 2. The van der Waals surface area contributed by atoms with Gasteiger partial charge in [0.15, 0.2) is 17.4 Å². The van der Waals surface area contributed by atoms with Gasteiger partial charge in [-0.1, -0.05) is 11.6 Å². The Balaban J connectivity index is 1.17. The monoisotopic (exact) mass is 716 g/mol. The Bertz CT molecular complexity index is 1800. The van der Waals surface area contributed by atoms with Gasteiger partial charge in [0.1, 0.15) is 11.6 Å². The molecule has 2 aromatic carbocycles. The third-order valence-electron chi connectivity index (χ3n) is 8.53. The van der Waals surface area contributed by atoms with E-state index in [4.69, 9.17) is 21.1 Å². The number of imidazole rings is 1. The quantitative estimate of drug-likeness (QED) is 0.326. The highest BCUT2D eigenvalue weighted by Crippen LogP contribution is 2.31. The van der Waals surface area contributed by atoms with Gasteiger partial charge in [0.25, 0.3) is 11.8 Å². The fraction of sp³-hybridized carbons (Fsp3) is 0.441. The Morgan fingerprint density at radius 3 is 2.40 bits per heavy atom. The first-order chi connectivity index (χ1) is 23.6. The largest absolute Gasteiger partial charge is 0.494 e. The van der Waals surface area contributed by atoms with Crippen molar-refractivity contribution in [2.24, 2.45) is 7.05 Å². The maximum absolute atomic E-state index is 14.7. The minimum Gasteiger partial charge on any atom is -0.494 e. The number of anilines is 1. The maximum Gasteiger partial charge on any atom is 0.411 e. The van der Waals surface area contributed by atoms with Gasteiger partial charge in [-0.15, -0.1) is 0 Å². The van der Waals surface area contributed by atoms with Crippen molar-refractivity contribution in [3.05, 3.63) is 64.6 Å². The Morgan fingerprint density at radius 2 is 1.76 bits per heavy atom. The van der Waals surface area contributed by atoms with E-state index in [1.165, 1.54) is 60.2 Å². The molecule has 3 N–H and O–H groups in total. The van der Waals surface area contributed by atoms with E-state index in [9.17, 15) is 33.1 Å². The average molecular weight is 717 g/mol. The van der Waals surface area contributed by atoms with Crippen molar-refractivity contribution in [3.8, 4) is 17.0 Å². The number of aromatic nitrogens is 2. The van der Waals surface area contributed by atoms with Crippen LogP contribution >= 0.6 is 11.6 Å². The number of benzene rings is 2. The summed E-state index contributed by atoms with van der Waals surface area (Å²) in [6, 6.07) is 5.92. The topological polar surface area (TPSA) is 155 Å². The molecular formula is C34H39ClF2N6O7. The number of halogens is 3. The SMILES string of the molecule is COc1ccc(-c2cnc(C(=O)Nc3ccc(C(=O)N4CCC(NC(=O)[C@@H]5C[C@@H](O)CN5C(=O)OC(C)(C)C)CC4)c(Cl)c3)n2C)c(F)c1F. The minimum atomic E-state index is -1.16. The molecule has 0 bridgehead atoms. The molecule has 0 aliphatic carbocycles. The zero-order valence-corrected chi connectivity index (χ0v) is 29.0. The van der Waals surface area contributed by atoms with Gasteiger partial charge in [-0.2, -0.15) is 4.39 Å². The van der Waals surface area contributed by atoms with Crippen LogP contribution in [0, 0.1) is 11.6 Å². The molecule has 50 heavy (non-hydrogen) atoms. The maximum atomic E-state index is 14.7. The Morgan fingerprint density at radius 1 is 1.06 bits per heavy atom. The van der Waals surface area contributed by atoms with Gasteiger partial charge in [-0.25, -0.2) is 14.2 Å². The number of hydrogen-bond donors (Lipinski definition) is 3. The third kappa shape index (κ3) is 7.83. The van der Waals surface area contributed by atoms with E-state index in [0.29, 0.717) is 25.9 Å². The van der Waals surface area contributed by atoms with Crippen LogP contribution in [0.2, 0.25) is 5.02 Å². The van der Waals surface area contributed by atoms with Gasteiger partial charge >= 0.3 is 6.09 Å². The van der Waals surface area contributed by atoms with Crippen molar-refractivity contribution in [2.75, 3.05) is 32.1 Å². The highest BCUT2D eigenvalue weighted by atomic mass is 35.5. The third-order valence-corrected chi connectivity index (χ3v) is 8.84. The molecular weight excluding hydrogens is 678 g/mol. The van der Waals surface area contributed by atoms with E-state index in [1.807, 2.05) is 0 Å². The van der Waals surface area contributed by atoms with Crippen LogP contribution in [0.25, 0.3) is 11.3 Å². The van der Waals surface area contributed by atoms with Crippen molar-refractivity contribution >= 4 is 41.1 Å². The first-order valence-electron chi connectivity index (χ1n) is 16.0. The van der Waals surface area contributed by atoms with Crippen molar-refractivity contribution in [2.45, 2.75) is 63.8 Å². The van der Waals surface area contributed by atoms with Gasteiger partial charge in [-0.3, -0.25) is 19.3 Å². The summed E-state index contributed by atoms with van der Waals surface area (Å²) in [4.78, 5) is 59.1. The molecule has 0 radical (unpaired) electrons. The second-order valence-electron chi connectivity index (χ2n) is 13.2. The molecule has 2 aliphatic rings. The fourth-order valence-electron chi connectivity index (χ4n) is 5.99. The summed E-state index contributed by atoms with van der Waals surface area (Å²) in [5.41, 5.74) is -0.194. The van der Waals surface area contributed by atoms with Crippen molar-refractivity contribution in [1.29, 1.82) is 0 Å². The van der Waals surface area contributed by atoms with Crippen molar-refractivity contribution < 1.29 is 42.5 Å². The van der Waals surface area contributed by atoms with E-state index in [2.05, 4.69) is 15.6 Å². The van der Waals surface area contributed by atoms with Gasteiger partial charge in [0, 0.05) is 43.9 Å². The van der Waals surface area contributed by atoms with Crippen molar-refractivity contribution in [1.82, 2.24) is 24.7 Å². The number of nitrogens with zero attached hydrogens (tertiary/aromatic N) is 4. The number of aliphatic hydroxyl groups excluding tert-OH is 1. The lowest BCUT2D eigenvalue weighted by Gasteiger charge is -2.34. The zero-order valence-electron chi connectivity index (χ0n) is 28.3. The summed E-state index contributed by atoms with van der Waals surface area (Å²) in [6.45, 7) is 5.84. The first-order valence-corrected chi connectivity index (χ1v) is 16.4. The van der Waals surface area contributed by atoms with E-state index < -0.39 is 41.4 Å². The summed E-state index contributed by atoms with van der Waals surface area (Å²) < 4.78 is 40.5. The molecule has 16 heteroatoms. The smallest absolute Gasteiger partial charge is 0.411 e. The number of β-amino-alcohol motifs (C(OH)–C–C–N with tert-alkyl or cyclic N) is 1. The van der Waals surface area contributed by atoms with Crippen LogP contribution in [0.1, 0.15) is 61.0 Å². The van der Waals surface area contributed by atoms with Crippen LogP contribution in [0.4, 0.5) is 19.3 Å². The average Bonchev–Trinajstić information content (AvgIpc) is 3.64. The number of methoxy groups -OCH3 is 1. The van der Waals surface area contributed by atoms with Gasteiger partial charge in [-0.05, 0) is 63.9 Å². The molecule has 1 aromatic heterocycles.